The Kier molecular flexibility index (Phi) is 6.92. The van der Waals surface area contributed by atoms with Crippen LogP contribution in [-0.2, 0) is 17.9 Å². The topological polar surface area (TPSA) is 58.5 Å². The lowest BCUT2D eigenvalue weighted by Gasteiger charge is -2.11. The van der Waals surface area contributed by atoms with E-state index in [0.29, 0.717) is 26.3 Å². The molecule has 2 aromatic rings. The highest BCUT2D eigenvalue weighted by atomic mass is 16.5. The molecule has 0 aliphatic rings. The van der Waals surface area contributed by atoms with Crippen molar-refractivity contribution >= 4 is 5.96 Å². The Labute approximate surface area is 131 Å². The van der Waals surface area contributed by atoms with Crippen LogP contribution in [0.15, 0.2) is 59.7 Å². The lowest BCUT2D eigenvalue weighted by molar-refractivity contribution is 0.125. The molecule has 116 valence electrons. The first-order valence-corrected chi connectivity index (χ1v) is 7.34. The fourth-order valence-electron chi connectivity index (χ4n) is 1.90. The molecular formula is C17H22N4O. The number of aromatic nitrogens is 1. The third kappa shape index (κ3) is 5.93. The second-order valence-electron chi connectivity index (χ2n) is 4.71. The summed E-state index contributed by atoms with van der Waals surface area (Å²) in [5, 5.41) is 6.43. The van der Waals surface area contributed by atoms with Crippen molar-refractivity contribution in [2.75, 3.05) is 20.2 Å². The molecule has 0 saturated heterocycles. The van der Waals surface area contributed by atoms with Crippen LogP contribution in [0.2, 0.25) is 0 Å². The Morgan fingerprint density at radius 3 is 2.64 bits per heavy atom. The van der Waals surface area contributed by atoms with Crippen molar-refractivity contribution in [2.24, 2.45) is 4.99 Å². The highest BCUT2D eigenvalue weighted by Crippen LogP contribution is 1.99. The minimum absolute atomic E-state index is 0.624. The first kappa shape index (κ1) is 16.0. The molecule has 0 radical (unpaired) electrons. The summed E-state index contributed by atoms with van der Waals surface area (Å²) in [4.78, 5) is 8.43. The summed E-state index contributed by atoms with van der Waals surface area (Å²) in [6.07, 6.45) is 1.78. The van der Waals surface area contributed by atoms with E-state index < -0.39 is 0 Å². The van der Waals surface area contributed by atoms with E-state index in [1.165, 1.54) is 5.56 Å². The van der Waals surface area contributed by atoms with Crippen molar-refractivity contribution < 1.29 is 4.74 Å². The van der Waals surface area contributed by atoms with Crippen molar-refractivity contribution in [2.45, 2.75) is 13.2 Å². The van der Waals surface area contributed by atoms with Crippen LogP contribution in [0.1, 0.15) is 11.3 Å². The van der Waals surface area contributed by atoms with Gasteiger partial charge in [-0.25, -0.2) is 0 Å². The van der Waals surface area contributed by atoms with Crippen molar-refractivity contribution in [1.82, 2.24) is 15.6 Å². The van der Waals surface area contributed by atoms with Gasteiger partial charge in [0.2, 0.25) is 0 Å². The van der Waals surface area contributed by atoms with Gasteiger partial charge in [0.25, 0.3) is 0 Å². The van der Waals surface area contributed by atoms with Gasteiger partial charge in [0.1, 0.15) is 0 Å². The predicted octanol–water partition coefficient (Wildman–Crippen LogP) is 1.96. The average Bonchev–Trinajstić information content (AvgIpc) is 2.59. The number of nitrogens with one attached hydrogen (secondary N) is 2. The van der Waals surface area contributed by atoms with E-state index >= 15 is 0 Å². The molecule has 0 bridgehead atoms. The number of nitrogens with zero attached hydrogens (tertiary/aromatic N) is 2. The number of rotatable bonds is 7. The molecular weight excluding hydrogens is 276 g/mol. The largest absolute Gasteiger partial charge is 0.375 e. The van der Waals surface area contributed by atoms with Gasteiger partial charge in [0.05, 0.1) is 25.5 Å². The molecule has 1 heterocycles. The summed E-state index contributed by atoms with van der Waals surface area (Å²) in [5.74, 6) is 0.744. The van der Waals surface area contributed by atoms with Gasteiger partial charge >= 0.3 is 0 Å². The number of hydrogen-bond donors (Lipinski definition) is 2. The van der Waals surface area contributed by atoms with E-state index in [2.05, 4.69) is 32.7 Å². The third-order valence-electron chi connectivity index (χ3n) is 3.04. The second-order valence-corrected chi connectivity index (χ2v) is 4.71. The van der Waals surface area contributed by atoms with Gasteiger partial charge in [-0.3, -0.25) is 9.98 Å². The highest BCUT2D eigenvalue weighted by Gasteiger charge is 1.98. The average molecular weight is 298 g/mol. The molecule has 22 heavy (non-hydrogen) atoms. The Bertz CT molecular complexity index is 557. The summed E-state index contributed by atoms with van der Waals surface area (Å²) in [6, 6.07) is 16.0. The quantitative estimate of drug-likeness (QED) is 0.466. The number of aliphatic imine (C=N–C) groups is 1. The first-order valence-electron chi connectivity index (χ1n) is 7.34. The van der Waals surface area contributed by atoms with E-state index in [0.717, 1.165) is 11.7 Å². The first-order chi connectivity index (χ1) is 10.9. The molecule has 0 spiro atoms. The normalized spacial score (nSPS) is 11.2. The van der Waals surface area contributed by atoms with Crippen LogP contribution in [0.5, 0.6) is 0 Å². The number of ether oxygens (including phenoxy) is 1. The Morgan fingerprint density at radius 2 is 1.91 bits per heavy atom. The molecule has 2 rings (SSSR count). The van der Waals surface area contributed by atoms with E-state index in [1.54, 1.807) is 13.2 Å². The van der Waals surface area contributed by atoms with E-state index in [4.69, 9.17) is 4.74 Å². The van der Waals surface area contributed by atoms with Crippen LogP contribution in [0.4, 0.5) is 0 Å². The summed E-state index contributed by atoms with van der Waals surface area (Å²) >= 11 is 0. The lowest BCUT2D eigenvalue weighted by Crippen LogP contribution is -2.38. The zero-order valence-corrected chi connectivity index (χ0v) is 12.8. The van der Waals surface area contributed by atoms with Gasteiger partial charge in [-0.2, -0.15) is 0 Å². The molecule has 0 saturated carbocycles. The molecule has 0 amide bonds. The number of guanidine groups is 1. The van der Waals surface area contributed by atoms with Crippen LogP contribution in [0.3, 0.4) is 0 Å². The smallest absolute Gasteiger partial charge is 0.191 e. The number of benzene rings is 1. The maximum atomic E-state index is 5.62. The van der Waals surface area contributed by atoms with Crippen molar-refractivity contribution in [1.29, 1.82) is 0 Å². The van der Waals surface area contributed by atoms with Crippen LogP contribution in [-0.4, -0.2) is 31.1 Å². The monoisotopic (exact) mass is 298 g/mol. The fraction of sp³-hybridized carbons (Fsp3) is 0.294. The molecule has 0 aliphatic carbocycles. The minimum Gasteiger partial charge on any atom is -0.375 e. The highest BCUT2D eigenvalue weighted by molar-refractivity contribution is 5.79. The molecule has 1 aromatic carbocycles. The summed E-state index contributed by atoms with van der Waals surface area (Å²) < 4.78 is 5.62. The van der Waals surface area contributed by atoms with Crippen LogP contribution in [0.25, 0.3) is 0 Å². The zero-order valence-electron chi connectivity index (χ0n) is 12.8. The van der Waals surface area contributed by atoms with Gasteiger partial charge < -0.3 is 15.4 Å². The molecule has 5 heteroatoms. The van der Waals surface area contributed by atoms with Crippen molar-refractivity contribution in [3.8, 4) is 0 Å². The van der Waals surface area contributed by atoms with Crippen LogP contribution in [0, 0.1) is 0 Å². The summed E-state index contributed by atoms with van der Waals surface area (Å²) in [5.41, 5.74) is 2.16. The Hall–Kier alpha value is -2.40. The van der Waals surface area contributed by atoms with Crippen molar-refractivity contribution in [3.05, 3.63) is 66.0 Å². The van der Waals surface area contributed by atoms with Gasteiger partial charge in [-0.05, 0) is 17.7 Å². The summed E-state index contributed by atoms with van der Waals surface area (Å²) in [6.45, 7) is 2.60. The molecule has 0 fully saturated rings. The molecule has 1 aromatic heterocycles. The maximum Gasteiger partial charge on any atom is 0.191 e. The van der Waals surface area contributed by atoms with Crippen molar-refractivity contribution in [3.63, 3.8) is 0 Å². The fourth-order valence-corrected chi connectivity index (χ4v) is 1.90. The minimum atomic E-state index is 0.624. The van der Waals surface area contributed by atoms with E-state index in [9.17, 15) is 0 Å². The Morgan fingerprint density at radius 1 is 1.09 bits per heavy atom. The van der Waals surface area contributed by atoms with Crippen LogP contribution >= 0.6 is 0 Å². The predicted molar refractivity (Wildman–Crippen MR) is 88.5 cm³/mol. The van der Waals surface area contributed by atoms with E-state index in [1.807, 2.05) is 36.4 Å². The molecule has 0 unspecified atom stereocenters. The second kappa shape index (κ2) is 9.52. The number of pyridine rings is 1. The SMILES string of the molecule is CN=C(NCCOCc1ccccc1)NCc1ccccn1. The molecule has 0 aliphatic heterocycles. The van der Waals surface area contributed by atoms with E-state index in [-0.39, 0.29) is 0 Å². The number of hydrogen-bond acceptors (Lipinski definition) is 3. The summed E-state index contributed by atoms with van der Waals surface area (Å²) in [7, 11) is 1.75. The maximum absolute atomic E-state index is 5.62. The van der Waals surface area contributed by atoms with Gasteiger partial charge in [0, 0.05) is 19.8 Å². The molecule has 2 N–H and O–H groups in total. The Balaban J connectivity index is 1.60. The molecule has 5 nitrogen and oxygen atoms in total. The van der Waals surface area contributed by atoms with Gasteiger partial charge in [0.15, 0.2) is 5.96 Å². The van der Waals surface area contributed by atoms with Gasteiger partial charge in [-0.15, -0.1) is 0 Å². The van der Waals surface area contributed by atoms with Gasteiger partial charge in [-0.1, -0.05) is 36.4 Å². The molecule has 0 atom stereocenters. The lowest BCUT2D eigenvalue weighted by atomic mass is 10.2. The third-order valence-corrected chi connectivity index (χ3v) is 3.04. The van der Waals surface area contributed by atoms with Crippen LogP contribution < -0.4 is 10.6 Å². The standard InChI is InChI=1S/C17H22N4O/c1-18-17(21-13-16-9-5-6-10-19-16)20-11-12-22-14-15-7-3-2-4-8-15/h2-10H,11-14H2,1H3,(H2,18,20,21). The zero-order chi connectivity index (χ0) is 15.5.